The SMILES string of the molecule is CC(CCCN)C(=O)N[C@H](C(=O)O)c1ccccc1. The molecule has 0 heterocycles. The number of hydrogen-bond acceptors (Lipinski definition) is 3. The summed E-state index contributed by atoms with van der Waals surface area (Å²) < 4.78 is 0. The van der Waals surface area contributed by atoms with Crippen molar-refractivity contribution >= 4 is 11.9 Å². The van der Waals surface area contributed by atoms with Crippen molar-refractivity contribution in [3.8, 4) is 0 Å². The summed E-state index contributed by atoms with van der Waals surface area (Å²) in [5.74, 6) is -1.57. The lowest BCUT2D eigenvalue weighted by Gasteiger charge is -2.18. The summed E-state index contributed by atoms with van der Waals surface area (Å²) in [5.41, 5.74) is 5.96. The third kappa shape index (κ3) is 4.71. The number of amides is 1. The normalized spacial score (nSPS) is 13.6. The molecule has 0 bridgehead atoms. The van der Waals surface area contributed by atoms with Gasteiger partial charge in [0, 0.05) is 5.92 Å². The highest BCUT2D eigenvalue weighted by Crippen LogP contribution is 2.14. The molecule has 5 nitrogen and oxygen atoms in total. The zero-order valence-corrected chi connectivity index (χ0v) is 11.0. The molecule has 1 amide bonds. The van der Waals surface area contributed by atoms with Gasteiger partial charge in [0.05, 0.1) is 0 Å². The zero-order valence-electron chi connectivity index (χ0n) is 11.0. The molecule has 2 atom stereocenters. The molecule has 0 fully saturated rings. The van der Waals surface area contributed by atoms with Crippen molar-refractivity contribution in [3.05, 3.63) is 35.9 Å². The highest BCUT2D eigenvalue weighted by atomic mass is 16.4. The highest BCUT2D eigenvalue weighted by molar-refractivity contribution is 5.85. The number of hydrogen-bond donors (Lipinski definition) is 3. The Morgan fingerprint density at radius 2 is 1.95 bits per heavy atom. The van der Waals surface area contributed by atoms with Crippen LogP contribution in [-0.4, -0.2) is 23.5 Å². The van der Waals surface area contributed by atoms with Crippen LogP contribution in [0.25, 0.3) is 0 Å². The molecule has 5 heteroatoms. The second-order valence-corrected chi connectivity index (χ2v) is 4.52. The number of aliphatic carboxylic acids is 1. The monoisotopic (exact) mass is 264 g/mol. The summed E-state index contributed by atoms with van der Waals surface area (Å²) in [4.78, 5) is 23.2. The van der Waals surface area contributed by atoms with Gasteiger partial charge in [-0.15, -0.1) is 0 Å². The zero-order chi connectivity index (χ0) is 14.3. The molecule has 0 saturated heterocycles. The third-order valence-electron chi connectivity index (χ3n) is 2.96. The van der Waals surface area contributed by atoms with Crippen LogP contribution in [-0.2, 0) is 9.59 Å². The van der Waals surface area contributed by atoms with Crippen molar-refractivity contribution < 1.29 is 14.7 Å². The maximum Gasteiger partial charge on any atom is 0.330 e. The Bertz CT molecular complexity index is 420. The van der Waals surface area contributed by atoms with E-state index in [0.717, 1.165) is 6.42 Å². The molecule has 1 rings (SSSR count). The number of nitrogens with two attached hydrogens (primary N) is 1. The minimum atomic E-state index is -1.06. The Kier molecular flexibility index (Phi) is 6.02. The lowest BCUT2D eigenvalue weighted by Crippen LogP contribution is -2.37. The fraction of sp³-hybridized carbons (Fsp3) is 0.429. The van der Waals surface area contributed by atoms with E-state index < -0.39 is 12.0 Å². The van der Waals surface area contributed by atoms with Crippen molar-refractivity contribution in [2.45, 2.75) is 25.8 Å². The summed E-state index contributed by atoms with van der Waals surface area (Å²) >= 11 is 0. The number of carboxylic acids is 1. The van der Waals surface area contributed by atoms with Gasteiger partial charge in [0.1, 0.15) is 0 Å². The van der Waals surface area contributed by atoms with Crippen LogP contribution in [0.5, 0.6) is 0 Å². The molecule has 0 saturated carbocycles. The topological polar surface area (TPSA) is 92.4 Å². The molecule has 0 aromatic heterocycles. The van der Waals surface area contributed by atoms with Gasteiger partial charge in [0.15, 0.2) is 6.04 Å². The first-order valence-electron chi connectivity index (χ1n) is 6.34. The van der Waals surface area contributed by atoms with Crippen LogP contribution >= 0.6 is 0 Å². The summed E-state index contributed by atoms with van der Waals surface area (Å²) in [6, 6.07) is 7.65. The number of carbonyl (C=O) groups is 2. The van der Waals surface area contributed by atoms with Crippen LogP contribution in [0, 0.1) is 5.92 Å². The predicted molar refractivity (Wildman–Crippen MR) is 72.4 cm³/mol. The molecule has 0 aliphatic heterocycles. The van der Waals surface area contributed by atoms with Crippen LogP contribution < -0.4 is 11.1 Å². The molecule has 1 unspecified atom stereocenters. The molecule has 1 aromatic carbocycles. The van der Waals surface area contributed by atoms with E-state index in [-0.39, 0.29) is 11.8 Å². The number of benzene rings is 1. The van der Waals surface area contributed by atoms with E-state index in [1.54, 1.807) is 37.3 Å². The predicted octanol–water partition coefficient (Wildman–Crippen LogP) is 1.30. The molecule has 19 heavy (non-hydrogen) atoms. The van der Waals surface area contributed by atoms with Gasteiger partial charge in [-0.05, 0) is 24.9 Å². The second-order valence-electron chi connectivity index (χ2n) is 4.52. The van der Waals surface area contributed by atoms with E-state index in [1.165, 1.54) is 0 Å². The molecular formula is C14H20N2O3. The number of carboxylic acid groups (broad SMARTS) is 1. The van der Waals surface area contributed by atoms with E-state index >= 15 is 0 Å². The van der Waals surface area contributed by atoms with E-state index in [0.29, 0.717) is 18.5 Å². The largest absolute Gasteiger partial charge is 0.479 e. The second kappa shape index (κ2) is 7.53. The molecule has 104 valence electrons. The minimum absolute atomic E-state index is 0.242. The first-order valence-corrected chi connectivity index (χ1v) is 6.34. The summed E-state index contributed by atoms with van der Waals surface area (Å²) in [5, 5.41) is 11.8. The fourth-order valence-corrected chi connectivity index (χ4v) is 1.77. The van der Waals surface area contributed by atoms with Crippen molar-refractivity contribution in [1.82, 2.24) is 5.32 Å². The number of nitrogens with one attached hydrogen (secondary N) is 1. The highest BCUT2D eigenvalue weighted by Gasteiger charge is 2.24. The maximum absolute atomic E-state index is 11.9. The van der Waals surface area contributed by atoms with Crippen LogP contribution in [0.1, 0.15) is 31.4 Å². The molecule has 4 N–H and O–H groups in total. The standard InChI is InChI=1S/C14H20N2O3/c1-10(6-5-9-15)13(17)16-12(14(18)19)11-7-3-2-4-8-11/h2-4,7-8,10,12H,5-6,9,15H2,1H3,(H,16,17)(H,18,19)/t10?,12-/m0/s1. The van der Waals surface area contributed by atoms with Gasteiger partial charge in [-0.2, -0.15) is 0 Å². The molecular weight excluding hydrogens is 244 g/mol. The van der Waals surface area contributed by atoms with E-state index in [1.807, 2.05) is 0 Å². The number of carbonyl (C=O) groups excluding carboxylic acids is 1. The van der Waals surface area contributed by atoms with E-state index in [9.17, 15) is 14.7 Å². The van der Waals surface area contributed by atoms with E-state index in [2.05, 4.69) is 5.32 Å². The van der Waals surface area contributed by atoms with Gasteiger partial charge in [-0.25, -0.2) is 4.79 Å². The first kappa shape index (κ1) is 15.2. The Morgan fingerprint density at radius 3 is 2.47 bits per heavy atom. The average Bonchev–Trinajstić information content (AvgIpc) is 2.42. The average molecular weight is 264 g/mol. The molecule has 1 aromatic rings. The fourth-order valence-electron chi connectivity index (χ4n) is 1.77. The van der Waals surface area contributed by atoms with Crippen LogP contribution in [0.3, 0.4) is 0 Å². The van der Waals surface area contributed by atoms with E-state index in [4.69, 9.17) is 5.73 Å². The lowest BCUT2D eigenvalue weighted by molar-refractivity contribution is -0.142. The minimum Gasteiger partial charge on any atom is -0.479 e. The third-order valence-corrected chi connectivity index (χ3v) is 2.96. The van der Waals surface area contributed by atoms with Crippen molar-refractivity contribution in [2.75, 3.05) is 6.54 Å². The van der Waals surface area contributed by atoms with Crippen LogP contribution in [0.2, 0.25) is 0 Å². The van der Waals surface area contributed by atoms with Crippen molar-refractivity contribution in [1.29, 1.82) is 0 Å². The summed E-state index contributed by atoms with van der Waals surface area (Å²) in [6.07, 6.45) is 1.40. The van der Waals surface area contributed by atoms with Gasteiger partial charge in [0.25, 0.3) is 0 Å². The maximum atomic E-state index is 11.9. The quantitative estimate of drug-likeness (QED) is 0.692. The van der Waals surface area contributed by atoms with Gasteiger partial charge in [-0.1, -0.05) is 37.3 Å². The Morgan fingerprint density at radius 1 is 1.32 bits per heavy atom. The van der Waals surface area contributed by atoms with Crippen LogP contribution in [0.4, 0.5) is 0 Å². The molecule has 0 aliphatic carbocycles. The first-order chi connectivity index (χ1) is 9.06. The molecule has 0 radical (unpaired) electrons. The van der Waals surface area contributed by atoms with Gasteiger partial charge in [-0.3, -0.25) is 4.79 Å². The molecule has 0 spiro atoms. The van der Waals surface area contributed by atoms with Gasteiger partial charge < -0.3 is 16.2 Å². The Labute approximate surface area is 112 Å². The Balaban J connectivity index is 2.70. The number of rotatable bonds is 7. The van der Waals surface area contributed by atoms with Gasteiger partial charge >= 0.3 is 5.97 Å². The summed E-state index contributed by atoms with van der Waals surface area (Å²) in [7, 11) is 0. The van der Waals surface area contributed by atoms with Crippen molar-refractivity contribution in [2.24, 2.45) is 11.7 Å². The van der Waals surface area contributed by atoms with Crippen molar-refractivity contribution in [3.63, 3.8) is 0 Å². The Hall–Kier alpha value is -1.88. The summed E-state index contributed by atoms with van der Waals surface area (Å²) in [6.45, 7) is 2.30. The van der Waals surface area contributed by atoms with Crippen LogP contribution in [0.15, 0.2) is 30.3 Å². The van der Waals surface area contributed by atoms with Gasteiger partial charge in [0.2, 0.25) is 5.91 Å². The lowest BCUT2D eigenvalue weighted by atomic mass is 10.0. The smallest absolute Gasteiger partial charge is 0.330 e. The molecule has 0 aliphatic rings.